The summed E-state index contributed by atoms with van der Waals surface area (Å²) in [7, 11) is 0. The molecule has 2 amide bonds. The van der Waals surface area contributed by atoms with Gasteiger partial charge in [0.2, 0.25) is 5.91 Å². The summed E-state index contributed by atoms with van der Waals surface area (Å²) in [6, 6.07) is 14.6. The normalized spacial score (nSPS) is 12.1. The Balaban J connectivity index is 1.57. The predicted molar refractivity (Wildman–Crippen MR) is 110 cm³/mol. The summed E-state index contributed by atoms with van der Waals surface area (Å²) >= 11 is 0. The van der Waals surface area contributed by atoms with Crippen LogP contribution in [0.2, 0.25) is 0 Å². The molecule has 0 aliphatic rings. The smallest absolute Gasteiger partial charge is 0.251 e. The lowest BCUT2D eigenvalue weighted by Crippen LogP contribution is -2.50. The lowest BCUT2D eigenvalue weighted by atomic mass is 10.0. The van der Waals surface area contributed by atoms with E-state index in [-0.39, 0.29) is 17.7 Å². The van der Waals surface area contributed by atoms with Gasteiger partial charge < -0.3 is 15.6 Å². The first-order chi connectivity index (χ1) is 13.4. The number of H-pyrrole nitrogens is 1. The maximum absolute atomic E-state index is 12.6. The van der Waals surface area contributed by atoms with Crippen LogP contribution >= 0.6 is 0 Å². The minimum atomic E-state index is -0.594. The van der Waals surface area contributed by atoms with Crippen LogP contribution in [0.25, 0.3) is 11.0 Å². The van der Waals surface area contributed by atoms with Crippen molar-refractivity contribution in [3.05, 3.63) is 65.5 Å². The van der Waals surface area contributed by atoms with Crippen molar-refractivity contribution >= 4 is 22.8 Å². The molecule has 146 valence electrons. The zero-order chi connectivity index (χ0) is 20.1. The van der Waals surface area contributed by atoms with Crippen molar-refractivity contribution in [2.24, 2.45) is 5.92 Å². The number of aryl methyl sites for hydroxylation is 1. The van der Waals surface area contributed by atoms with Crippen LogP contribution in [0.4, 0.5) is 0 Å². The van der Waals surface area contributed by atoms with Gasteiger partial charge in [0.25, 0.3) is 5.91 Å². The van der Waals surface area contributed by atoms with E-state index in [1.807, 2.05) is 63.2 Å². The Kier molecular flexibility index (Phi) is 6.09. The van der Waals surface area contributed by atoms with Gasteiger partial charge in [-0.1, -0.05) is 43.7 Å². The minimum Gasteiger partial charge on any atom is -0.354 e. The van der Waals surface area contributed by atoms with Gasteiger partial charge in [-0.2, -0.15) is 0 Å². The van der Waals surface area contributed by atoms with Crippen molar-refractivity contribution in [3.8, 4) is 0 Å². The van der Waals surface area contributed by atoms with Gasteiger partial charge in [0.05, 0.1) is 11.0 Å². The summed E-state index contributed by atoms with van der Waals surface area (Å²) < 4.78 is 0. The summed E-state index contributed by atoms with van der Waals surface area (Å²) in [5, 5.41) is 5.77. The number of aromatic amines is 1. The van der Waals surface area contributed by atoms with Gasteiger partial charge in [-0.15, -0.1) is 0 Å². The average molecular weight is 378 g/mol. The quantitative estimate of drug-likeness (QED) is 0.591. The van der Waals surface area contributed by atoms with E-state index in [4.69, 9.17) is 0 Å². The minimum absolute atomic E-state index is 0.0278. The number of aromatic nitrogens is 2. The number of hydrogen-bond donors (Lipinski definition) is 3. The van der Waals surface area contributed by atoms with Crippen molar-refractivity contribution in [3.63, 3.8) is 0 Å². The van der Waals surface area contributed by atoms with Crippen molar-refractivity contribution in [1.82, 2.24) is 20.6 Å². The molecule has 0 spiro atoms. The molecule has 1 unspecified atom stereocenters. The number of nitrogens with one attached hydrogen (secondary N) is 3. The summed E-state index contributed by atoms with van der Waals surface area (Å²) in [6.45, 7) is 6.21. The number of imidazole rings is 1. The first kappa shape index (κ1) is 19.6. The third-order valence-electron chi connectivity index (χ3n) is 4.62. The first-order valence-corrected chi connectivity index (χ1v) is 9.53. The second-order valence-corrected chi connectivity index (χ2v) is 7.31. The van der Waals surface area contributed by atoms with Crippen LogP contribution in [0.3, 0.4) is 0 Å². The molecule has 0 radical (unpaired) electrons. The lowest BCUT2D eigenvalue weighted by molar-refractivity contribution is -0.123. The second kappa shape index (κ2) is 8.69. The molecule has 3 rings (SSSR count). The molecule has 1 atom stereocenters. The van der Waals surface area contributed by atoms with E-state index in [2.05, 4.69) is 20.6 Å². The predicted octanol–water partition coefficient (Wildman–Crippen LogP) is 2.98. The summed E-state index contributed by atoms with van der Waals surface area (Å²) in [4.78, 5) is 32.9. The summed E-state index contributed by atoms with van der Waals surface area (Å²) in [5.41, 5.74) is 3.45. The Labute approximate surface area is 164 Å². The van der Waals surface area contributed by atoms with E-state index in [1.165, 1.54) is 0 Å². The SMILES string of the molecule is Cc1cccc(C(=O)NC(C(=O)NCCc2nc3ccccc3[nH]2)C(C)C)c1. The molecule has 0 bridgehead atoms. The van der Waals surface area contributed by atoms with Crippen LogP contribution in [0.5, 0.6) is 0 Å². The fourth-order valence-electron chi connectivity index (χ4n) is 3.08. The van der Waals surface area contributed by atoms with Crippen LogP contribution in [-0.2, 0) is 11.2 Å². The van der Waals surface area contributed by atoms with E-state index in [1.54, 1.807) is 6.07 Å². The van der Waals surface area contributed by atoms with Crippen LogP contribution in [0.15, 0.2) is 48.5 Å². The highest BCUT2D eigenvalue weighted by atomic mass is 16.2. The van der Waals surface area contributed by atoms with Crippen LogP contribution in [0.1, 0.15) is 35.6 Å². The van der Waals surface area contributed by atoms with Gasteiger partial charge in [0.1, 0.15) is 11.9 Å². The highest BCUT2D eigenvalue weighted by Crippen LogP contribution is 2.11. The zero-order valence-corrected chi connectivity index (χ0v) is 16.5. The van der Waals surface area contributed by atoms with Crippen LogP contribution < -0.4 is 10.6 Å². The largest absolute Gasteiger partial charge is 0.354 e. The highest BCUT2D eigenvalue weighted by molar-refractivity contribution is 5.97. The fraction of sp³-hybridized carbons (Fsp3) is 0.318. The Morgan fingerprint density at radius 1 is 1.11 bits per heavy atom. The molecule has 0 fully saturated rings. The summed E-state index contributed by atoms with van der Waals surface area (Å²) in [5.74, 6) is 0.369. The van der Waals surface area contributed by atoms with E-state index in [0.29, 0.717) is 18.5 Å². The van der Waals surface area contributed by atoms with E-state index in [0.717, 1.165) is 22.4 Å². The first-order valence-electron chi connectivity index (χ1n) is 9.53. The van der Waals surface area contributed by atoms with Gasteiger partial charge >= 0.3 is 0 Å². The van der Waals surface area contributed by atoms with Crippen LogP contribution in [0, 0.1) is 12.8 Å². The maximum Gasteiger partial charge on any atom is 0.251 e. The van der Waals surface area contributed by atoms with E-state index >= 15 is 0 Å². The molecule has 6 heteroatoms. The second-order valence-electron chi connectivity index (χ2n) is 7.31. The summed E-state index contributed by atoms with van der Waals surface area (Å²) in [6.07, 6.45) is 0.594. The fourth-order valence-corrected chi connectivity index (χ4v) is 3.08. The Hall–Kier alpha value is -3.15. The number of benzene rings is 2. The number of nitrogens with zero attached hydrogens (tertiary/aromatic N) is 1. The number of hydrogen-bond acceptors (Lipinski definition) is 3. The van der Waals surface area contributed by atoms with Gasteiger partial charge in [-0.25, -0.2) is 4.98 Å². The van der Waals surface area contributed by atoms with Gasteiger partial charge in [0, 0.05) is 18.5 Å². The number of fused-ring (bicyclic) bond motifs is 1. The molecule has 1 aromatic heterocycles. The standard InChI is InChI=1S/C22H26N4O2/c1-14(2)20(26-21(27)16-8-6-7-15(3)13-16)22(28)23-12-11-19-24-17-9-4-5-10-18(17)25-19/h4-10,13-14,20H,11-12H2,1-3H3,(H,23,28)(H,24,25)(H,26,27). The van der Waals surface area contributed by atoms with E-state index < -0.39 is 6.04 Å². The number of amides is 2. The third kappa shape index (κ3) is 4.76. The molecule has 0 aliphatic carbocycles. The van der Waals surface area contributed by atoms with Crippen molar-refractivity contribution in [2.45, 2.75) is 33.2 Å². The average Bonchev–Trinajstić information content (AvgIpc) is 3.08. The zero-order valence-electron chi connectivity index (χ0n) is 16.5. The maximum atomic E-state index is 12.6. The van der Waals surface area contributed by atoms with Gasteiger partial charge in [-0.3, -0.25) is 9.59 Å². The number of carbonyl (C=O) groups is 2. The number of carbonyl (C=O) groups excluding carboxylic acids is 2. The van der Waals surface area contributed by atoms with Crippen molar-refractivity contribution in [1.29, 1.82) is 0 Å². The highest BCUT2D eigenvalue weighted by Gasteiger charge is 2.24. The Morgan fingerprint density at radius 3 is 2.61 bits per heavy atom. The number of para-hydroxylation sites is 2. The molecule has 0 aliphatic heterocycles. The Morgan fingerprint density at radius 2 is 1.89 bits per heavy atom. The molecule has 0 saturated heterocycles. The van der Waals surface area contributed by atoms with Gasteiger partial charge in [-0.05, 0) is 37.1 Å². The third-order valence-corrected chi connectivity index (χ3v) is 4.62. The molecule has 3 N–H and O–H groups in total. The van der Waals surface area contributed by atoms with Gasteiger partial charge in [0.15, 0.2) is 0 Å². The molecule has 28 heavy (non-hydrogen) atoms. The molecule has 2 aromatic carbocycles. The van der Waals surface area contributed by atoms with Crippen molar-refractivity contribution in [2.75, 3.05) is 6.54 Å². The number of rotatable bonds is 7. The monoisotopic (exact) mass is 378 g/mol. The molecule has 1 heterocycles. The Bertz CT molecular complexity index is 944. The topological polar surface area (TPSA) is 86.9 Å². The van der Waals surface area contributed by atoms with Crippen molar-refractivity contribution < 1.29 is 9.59 Å². The molecule has 0 saturated carbocycles. The molecule has 6 nitrogen and oxygen atoms in total. The lowest BCUT2D eigenvalue weighted by Gasteiger charge is -2.21. The molecular formula is C22H26N4O2. The van der Waals surface area contributed by atoms with E-state index in [9.17, 15) is 9.59 Å². The molecular weight excluding hydrogens is 352 g/mol. The molecule has 3 aromatic rings. The van der Waals surface area contributed by atoms with Crippen LogP contribution in [-0.4, -0.2) is 34.4 Å².